The fraction of sp³-hybridized carbons (Fsp3) is 0. The van der Waals surface area contributed by atoms with E-state index in [9.17, 15) is 0 Å². The van der Waals surface area contributed by atoms with Crippen molar-refractivity contribution in [3.63, 3.8) is 0 Å². The predicted molar refractivity (Wildman–Crippen MR) is 193 cm³/mol. The molecule has 0 spiro atoms. The van der Waals surface area contributed by atoms with E-state index in [0.717, 1.165) is 37.9 Å². The third-order valence-corrected chi connectivity index (χ3v) is 11.1. The summed E-state index contributed by atoms with van der Waals surface area (Å²) < 4.78 is 7.19. The molecule has 210 valence electrons. The van der Waals surface area contributed by atoms with Gasteiger partial charge in [-0.15, -0.1) is 22.7 Å². The van der Waals surface area contributed by atoms with Gasteiger partial charge in [0.1, 0.15) is 0 Å². The SMILES string of the molecule is c1ccc(-c2cccc(-c3nc(-n4c5ccccc5c5ccc6sc7ccccc7c6c54)nc4c3sc3ccccc34)c2)cc1. The molecule has 45 heavy (non-hydrogen) atoms. The predicted octanol–water partition coefficient (Wildman–Crippen LogP) is 11.6. The number of thiophene rings is 2. The summed E-state index contributed by atoms with van der Waals surface area (Å²) in [4.78, 5) is 10.9. The maximum Gasteiger partial charge on any atom is 0.235 e. The van der Waals surface area contributed by atoms with E-state index in [1.54, 1.807) is 11.3 Å². The van der Waals surface area contributed by atoms with Crippen molar-refractivity contribution in [1.82, 2.24) is 14.5 Å². The maximum atomic E-state index is 5.48. The minimum absolute atomic E-state index is 0.695. The van der Waals surface area contributed by atoms with Crippen LogP contribution in [0.15, 0.2) is 140 Å². The van der Waals surface area contributed by atoms with Gasteiger partial charge in [-0.1, -0.05) is 109 Å². The Morgan fingerprint density at radius 1 is 0.467 bits per heavy atom. The van der Waals surface area contributed by atoms with E-state index in [4.69, 9.17) is 9.97 Å². The summed E-state index contributed by atoms with van der Waals surface area (Å²) in [5, 5.41) is 6.11. The summed E-state index contributed by atoms with van der Waals surface area (Å²) in [6, 6.07) is 49.8. The summed E-state index contributed by atoms with van der Waals surface area (Å²) in [6.07, 6.45) is 0. The molecular formula is C40H23N3S2. The lowest BCUT2D eigenvalue weighted by Crippen LogP contribution is -2.03. The van der Waals surface area contributed by atoms with Gasteiger partial charge in [-0.2, -0.15) is 0 Å². The minimum Gasteiger partial charge on any atom is -0.277 e. The molecule has 0 N–H and O–H groups in total. The van der Waals surface area contributed by atoms with Gasteiger partial charge in [0.05, 0.1) is 26.9 Å². The van der Waals surface area contributed by atoms with Gasteiger partial charge in [0.15, 0.2) is 0 Å². The third-order valence-electron chi connectivity index (χ3n) is 8.83. The molecule has 0 aliphatic rings. The van der Waals surface area contributed by atoms with Gasteiger partial charge >= 0.3 is 0 Å². The van der Waals surface area contributed by atoms with E-state index in [0.29, 0.717) is 5.95 Å². The molecule has 0 radical (unpaired) electrons. The van der Waals surface area contributed by atoms with Crippen molar-refractivity contribution in [2.75, 3.05) is 0 Å². The van der Waals surface area contributed by atoms with Crippen LogP contribution in [-0.2, 0) is 0 Å². The number of para-hydroxylation sites is 1. The molecular weight excluding hydrogens is 587 g/mol. The van der Waals surface area contributed by atoms with Gasteiger partial charge in [-0.3, -0.25) is 4.57 Å². The van der Waals surface area contributed by atoms with Crippen LogP contribution in [0.3, 0.4) is 0 Å². The quantitative estimate of drug-likeness (QED) is 0.199. The second kappa shape index (κ2) is 9.57. The van der Waals surface area contributed by atoms with Crippen molar-refractivity contribution in [2.24, 2.45) is 0 Å². The number of fused-ring (bicyclic) bond motifs is 10. The zero-order valence-corrected chi connectivity index (χ0v) is 25.6. The fourth-order valence-corrected chi connectivity index (χ4v) is 9.09. The molecule has 0 aliphatic carbocycles. The topological polar surface area (TPSA) is 30.7 Å². The van der Waals surface area contributed by atoms with Crippen LogP contribution in [0.5, 0.6) is 0 Å². The van der Waals surface area contributed by atoms with Crippen LogP contribution in [0.1, 0.15) is 0 Å². The monoisotopic (exact) mass is 609 g/mol. The summed E-state index contributed by atoms with van der Waals surface area (Å²) in [5.41, 5.74) is 7.67. The lowest BCUT2D eigenvalue weighted by Gasteiger charge is -2.11. The number of rotatable bonds is 3. The second-order valence-electron chi connectivity index (χ2n) is 11.4. The number of hydrogen-bond donors (Lipinski definition) is 0. The number of nitrogens with zero attached hydrogens (tertiary/aromatic N) is 3. The second-order valence-corrected chi connectivity index (χ2v) is 13.5. The van der Waals surface area contributed by atoms with Gasteiger partial charge in [-0.25, -0.2) is 9.97 Å². The molecule has 0 bridgehead atoms. The van der Waals surface area contributed by atoms with E-state index in [1.165, 1.54) is 46.8 Å². The zero-order valence-electron chi connectivity index (χ0n) is 23.9. The van der Waals surface area contributed by atoms with Crippen LogP contribution in [0.4, 0.5) is 0 Å². The summed E-state index contributed by atoms with van der Waals surface area (Å²) in [7, 11) is 0. The molecule has 6 aromatic carbocycles. The van der Waals surface area contributed by atoms with Crippen molar-refractivity contribution < 1.29 is 0 Å². The first-order valence-electron chi connectivity index (χ1n) is 15.0. The van der Waals surface area contributed by atoms with Gasteiger partial charge in [0, 0.05) is 46.6 Å². The van der Waals surface area contributed by atoms with Crippen LogP contribution in [0.2, 0.25) is 0 Å². The minimum atomic E-state index is 0.695. The van der Waals surface area contributed by atoms with E-state index in [-0.39, 0.29) is 0 Å². The molecule has 5 heteroatoms. The number of aromatic nitrogens is 3. The zero-order chi connectivity index (χ0) is 29.5. The Morgan fingerprint density at radius 2 is 1.16 bits per heavy atom. The third kappa shape index (κ3) is 3.69. The Labute approximate surface area is 266 Å². The molecule has 4 heterocycles. The number of benzene rings is 6. The van der Waals surface area contributed by atoms with Crippen LogP contribution in [0, 0.1) is 0 Å². The molecule has 0 saturated carbocycles. The van der Waals surface area contributed by atoms with Crippen molar-refractivity contribution >= 4 is 85.0 Å². The van der Waals surface area contributed by atoms with Crippen molar-refractivity contribution in [1.29, 1.82) is 0 Å². The smallest absolute Gasteiger partial charge is 0.235 e. The van der Waals surface area contributed by atoms with E-state index >= 15 is 0 Å². The standard InChI is InChI=1S/C40H23N3S2/c1-2-11-24(12-3-1)25-13-10-14-26(23-25)36-39-37(30-17-6-9-20-33(30)45-39)42-40(41-36)43-31-18-7-4-15-27(31)28-21-22-34-35(38(28)43)29-16-5-8-19-32(29)44-34/h1-23H. The molecule has 0 aliphatic heterocycles. The molecule has 0 fully saturated rings. The Morgan fingerprint density at radius 3 is 2.02 bits per heavy atom. The highest BCUT2D eigenvalue weighted by Gasteiger charge is 2.22. The lowest BCUT2D eigenvalue weighted by atomic mass is 10.0. The van der Waals surface area contributed by atoms with Crippen molar-refractivity contribution in [3.05, 3.63) is 140 Å². The van der Waals surface area contributed by atoms with Crippen LogP contribution >= 0.6 is 22.7 Å². The Kier molecular flexibility index (Phi) is 5.32. The highest BCUT2D eigenvalue weighted by Crippen LogP contribution is 2.44. The van der Waals surface area contributed by atoms with Crippen molar-refractivity contribution in [3.8, 4) is 28.3 Å². The Balaban J connectivity index is 1.36. The fourth-order valence-electron chi connectivity index (χ4n) is 6.82. The van der Waals surface area contributed by atoms with Gasteiger partial charge in [0.2, 0.25) is 5.95 Å². The van der Waals surface area contributed by atoms with Crippen LogP contribution in [-0.4, -0.2) is 14.5 Å². The van der Waals surface area contributed by atoms with E-state index in [1.807, 2.05) is 11.3 Å². The first-order valence-corrected chi connectivity index (χ1v) is 16.6. The molecule has 10 aromatic rings. The molecule has 4 aromatic heterocycles. The first kappa shape index (κ1) is 25.0. The Hall–Kier alpha value is -5.36. The lowest BCUT2D eigenvalue weighted by molar-refractivity contribution is 1.02. The molecule has 10 rings (SSSR count). The highest BCUT2D eigenvalue weighted by atomic mass is 32.1. The summed E-state index contributed by atoms with van der Waals surface area (Å²) in [5.74, 6) is 0.695. The highest BCUT2D eigenvalue weighted by molar-refractivity contribution is 7.26. The largest absolute Gasteiger partial charge is 0.277 e. The average Bonchev–Trinajstić information content (AvgIpc) is 3.78. The Bertz CT molecular complexity index is 2770. The molecule has 0 amide bonds. The first-order chi connectivity index (χ1) is 22.3. The van der Waals surface area contributed by atoms with Gasteiger partial charge in [-0.05, 0) is 41.5 Å². The molecule has 0 unspecified atom stereocenters. The summed E-state index contributed by atoms with van der Waals surface area (Å²) >= 11 is 3.61. The van der Waals surface area contributed by atoms with Gasteiger partial charge in [0.25, 0.3) is 0 Å². The molecule has 3 nitrogen and oxygen atoms in total. The van der Waals surface area contributed by atoms with Crippen LogP contribution < -0.4 is 0 Å². The van der Waals surface area contributed by atoms with Gasteiger partial charge < -0.3 is 0 Å². The molecule has 0 atom stereocenters. The normalized spacial score (nSPS) is 12.0. The average molecular weight is 610 g/mol. The summed E-state index contributed by atoms with van der Waals surface area (Å²) in [6.45, 7) is 0. The van der Waals surface area contributed by atoms with Crippen molar-refractivity contribution in [2.45, 2.75) is 0 Å². The molecule has 0 saturated heterocycles. The maximum absolute atomic E-state index is 5.48. The number of hydrogen-bond acceptors (Lipinski definition) is 4. The van der Waals surface area contributed by atoms with Crippen LogP contribution in [0.25, 0.3) is 90.6 Å². The van der Waals surface area contributed by atoms with E-state index < -0.39 is 0 Å². The van der Waals surface area contributed by atoms with E-state index in [2.05, 4.69) is 144 Å².